The number of ether oxygens (including phenoxy) is 2. The molecule has 2 unspecified atom stereocenters. The van der Waals surface area contributed by atoms with Gasteiger partial charge in [0.2, 0.25) is 0 Å². The minimum absolute atomic E-state index is 0.109. The topological polar surface area (TPSA) is 18.5 Å². The van der Waals surface area contributed by atoms with Gasteiger partial charge in [0.25, 0.3) is 0 Å². The molecule has 0 N–H and O–H groups in total. The number of benzene rings is 1. The van der Waals surface area contributed by atoms with E-state index in [4.69, 9.17) is 9.47 Å². The Morgan fingerprint density at radius 1 is 1.44 bits per heavy atom. The van der Waals surface area contributed by atoms with E-state index in [-0.39, 0.29) is 5.60 Å². The average Bonchev–Trinajstić information content (AvgIpc) is 2.77. The first kappa shape index (κ1) is 12.4. The van der Waals surface area contributed by atoms with Crippen molar-refractivity contribution in [3.63, 3.8) is 0 Å². The standard InChI is InChI=1S/C15H20O2S/c1-12-3-2-4-13(9-12)17-14-5-7-16-15(10-14)6-8-18-11-15/h2-4,9,14H,5-8,10-11H2,1H3. The molecule has 0 aliphatic carbocycles. The summed E-state index contributed by atoms with van der Waals surface area (Å²) in [6, 6.07) is 8.33. The highest BCUT2D eigenvalue weighted by Gasteiger charge is 2.41. The minimum atomic E-state index is 0.109. The van der Waals surface area contributed by atoms with E-state index in [0.29, 0.717) is 6.10 Å². The molecule has 0 saturated carbocycles. The first-order chi connectivity index (χ1) is 8.76. The molecule has 3 heteroatoms. The van der Waals surface area contributed by atoms with Crippen LogP contribution < -0.4 is 4.74 Å². The van der Waals surface area contributed by atoms with Crippen LogP contribution in [-0.4, -0.2) is 29.8 Å². The van der Waals surface area contributed by atoms with Gasteiger partial charge in [-0.3, -0.25) is 0 Å². The zero-order chi connectivity index (χ0) is 12.4. The molecular formula is C15H20O2S. The van der Waals surface area contributed by atoms with Crippen LogP contribution in [0, 0.1) is 6.92 Å². The van der Waals surface area contributed by atoms with E-state index >= 15 is 0 Å². The molecular weight excluding hydrogens is 244 g/mol. The number of rotatable bonds is 2. The maximum absolute atomic E-state index is 6.13. The van der Waals surface area contributed by atoms with Crippen LogP contribution in [0.5, 0.6) is 5.75 Å². The van der Waals surface area contributed by atoms with Gasteiger partial charge in [0, 0.05) is 18.6 Å². The Morgan fingerprint density at radius 3 is 3.17 bits per heavy atom. The van der Waals surface area contributed by atoms with Gasteiger partial charge >= 0.3 is 0 Å². The normalized spacial score (nSPS) is 31.7. The summed E-state index contributed by atoms with van der Waals surface area (Å²) in [5.41, 5.74) is 1.36. The summed E-state index contributed by atoms with van der Waals surface area (Å²) in [5, 5.41) is 0. The third kappa shape index (κ3) is 2.67. The van der Waals surface area contributed by atoms with Crippen molar-refractivity contribution in [3.05, 3.63) is 29.8 Å². The number of hydrogen-bond donors (Lipinski definition) is 0. The SMILES string of the molecule is Cc1cccc(OC2CCOC3(CCSC3)C2)c1. The molecule has 3 rings (SSSR count). The Hall–Kier alpha value is -0.670. The van der Waals surface area contributed by atoms with E-state index in [1.54, 1.807) is 0 Å². The minimum Gasteiger partial charge on any atom is -0.490 e. The molecule has 18 heavy (non-hydrogen) atoms. The zero-order valence-electron chi connectivity index (χ0n) is 10.9. The van der Waals surface area contributed by atoms with Gasteiger partial charge in [-0.2, -0.15) is 11.8 Å². The molecule has 1 spiro atoms. The van der Waals surface area contributed by atoms with Crippen molar-refractivity contribution in [2.45, 2.75) is 37.9 Å². The summed E-state index contributed by atoms with van der Waals surface area (Å²) in [6.45, 7) is 2.95. The molecule has 2 saturated heterocycles. The molecule has 2 atom stereocenters. The molecule has 98 valence electrons. The van der Waals surface area contributed by atoms with Crippen LogP contribution in [0.2, 0.25) is 0 Å². The maximum atomic E-state index is 6.13. The molecule has 2 heterocycles. The van der Waals surface area contributed by atoms with E-state index in [0.717, 1.165) is 31.0 Å². The lowest BCUT2D eigenvalue weighted by atomic mass is 9.91. The highest BCUT2D eigenvalue weighted by Crippen LogP contribution is 2.39. The Morgan fingerprint density at radius 2 is 2.39 bits per heavy atom. The van der Waals surface area contributed by atoms with Crippen LogP contribution in [-0.2, 0) is 4.74 Å². The molecule has 0 radical (unpaired) electrons. The summed E-state index contributed by atoms with van der Waals surface area (Å²) in [4.78, 5) is 0. The fraction of sp³-hybridized carbons (Fsp3) is 0.600. The number of thioether (sulfide) groups is 1. The first-order valence-corrected chi connectivity index (χ1v) is 7.86. The van der Waals surface area contributed by atoms with Crippen LogP contribution in [0.15, 0.2) is 24.3 Å². The fourth-order valence-corrected chi connectivity index (χ4v) is 4.21. The molecule has 2 aliphatic heterocycles. The number of aryl methyl sites for hydroxylation is 1. The van der Waals surface area contributed by atoms with Gasteiger partial charge in [-0.15, -0.1) is 0 Å². The van der Waals surface area contributed by atoms with Gasteiger partial charge in [0.1, 0.15) is 11.9 Å². The third-order valence-electron chi connectivity index (χ3n) is 3.81. The first-order valence-electron chi connectivity index (χ1n) is 6.71. The molecule has 0 amide bonds. The van der Waals surface area contributed by atoms with Gasteiger partial charge in [-0.1, -0.05) is 12.1 Å². The van der Waals surface area contributed by atoms with E-state index in [2.05, 4.69) is 31.2 Å². The second-order valence-electron chi connectivity index (χ2n) is 5.38. The van der Waals surface area contributed by atoms with Gasteiger partial charge < -0.3 is 9.47 Å². The number of hydrogen-bond acceptors (Lipinski definition) is 3. The van der Waals surface area contributed by atoms with Crippen molar-refractivity contribution in [3.8, 4) is 5.75 Å². The monoisotopic (exact) mass is 264 g/mol. The maximum Gasteiger partial charge on any atom is 0.119 e. The zero-order valence-corrected chi connectivity index (χ0v) is 11.7. The van der Waals surface area contributed by atoms with Crippen molar-refractivity contribution in [1.29, 1.82) is 0 Å². The van der Waals surface area contributed by atoms with Gasteiger partial charge in [-0.25, -0.2) is 0 Å². The second kappa shape index (κ2) is 5.14. The van der Waals surface area contributed by atoms with Crippen molar-refractivity contribution >= 4 is 11.8 Å². The molecule has 2 nitrogen and oxygen atoms in total. The lowest BCUT2D eigenvalue weighted by molar-refractivity contribution is -0.0958. The summed E-state index contributed by atoms with van der Waals surface area (Å²) in [7, 11) is 0. The molecule has 1 aromatic rings. The van der Waals surface area contributed by atoms with Crippen LogP contribution in [0.1, 0.15) is 24.8 Å². The van der Waals surface area contributed by atoms with E-state index in [1.807, 2.05) is 11.8 Å². The Balaban J connectivity index is 1.66. The summed E-state index contributed by atoms with van der Waals surface area (Å²) in [5.74, 6) is 3.38. The van der Waals surface area contributed by atoms with Crippen molar-refractivity contribution in [1.82, 2.24) is 0 Å². The van der Waals surface area contributed by atoms with Crippen LogP contribution in [0.4, 0.5) is 0 Å². The summed E-state index contributed by atoms with van der Waals surface area (Å²) < 4.78 is 12.2. The lowest BCUT2D eigenvalue weighted by Gasteiger charge is -2.37. The Kier molecular flexibility index (Phi) is 3.53. The highest BCUT2D eigenvalue weighted by molar-refractivity contribution is 7.99. The quantitative estimate of drug-likeness (QED) is 0.815. The van der Waals surface area contributed by atoms with Gasteiger partial charge in [0.05, 0.1) is 12.2 Å². The lowest BCUT2D eigenvalue weighted by Crippen LogP contribution is -2.43. The molecule has 0 bridgehead atoms. The predicted octanol–water partition coefficient (Wildman–Crippen LogP) is 3.43. The fourth-order valence-electron chi connectivity index (χ4n) is 2.83. The summed E-state index contributed by atoms with van der Waals surface area (Å²) in [6.07, 6.45) is 3.57. The molecule has 2 aliphatic rings. The summed E-state index contributed by atoms with van der Waals surface area (Å²) >= 11 is 2.01. The van der Waals surface area contributed by atoms with Crippen LogP contribution in [0.25, 0.3) is 0 Å². The van der Waals surface area contributed by atoms with Crippen molar-refractivity contribution in [2.75, 3.05) is 18.1 Å². The predicted molar refractivity (Wildman–Crippen MR) is 75.5 cm³/mol. The molecule has 2 fully saturated rings. The molecule has 0 aromatic heterocycles. The van der Waals surface area contributed by atoms with E-state index in [1.165, 1.54) is 17.7 Å². The van der Waals surface area contributed by atoms with Crippen LogP contribution >= 0.6 is 11.8 Å². The van der Waals surface area contributed by atoms with Crippen molar-refractivity contribution < 1.29 is 9.47 Å². The molecule has 1 aromatic carbocycles. The van der Waals surface area contributed by atoms with Gasteiger partial charge in [-0.05, 0) is 36.8 Å². The van der Waals surface area contributed by atoms with E-state index < -0.39 is 0 Å². The van der Waals surface area contributed by atoms with Crippen LogP contribution in [0.3, 0.4) is 0 Å². The smallest absolute Gasteiger partial charge is 0.119 e. The Labute approximate surface area is 113 Å². The second-order valence-corrected chi connectivity index (χ2v) is 6.49. The van der Waals surface area contributed by atoms with Crippen molar-refractivity contribution in [2.24, 2.45) is 0 Å². The van der Waals surface area contributed by atoms with Gasteiger partial charge in [0.15, 0.2) is 0 Å². The Bertz CT molecular complexity index is 413. The largest absolute Gasteiger partial charge is 0.490 e. The average molecular weight is 264 g/mol. The van der Waals surface area contributed by atoms with E-state index in [9.17, 15) is 0 Å². The highest BCUT2D eigenvalue weighted by atomic mass is 32.2. The third-order valence-corrected chi connectivity index (χ3v) is 5.03.